The number of hydrogen-bond donors (Lipinski definition) is 1. The smallest absolute Gasteiger partial charge is 0.319 e. The van der Waals surface area contributed by atoms with Gasteiger partial charge in [-0.2, -0.15) is 9.97 Å². The van der Waals surface area contributed by atoms with Crippen LogP contribution in [0.3, 0.4) is 0 Å². The van der Waals surface area contributed by atoms with Gasteiger partial charge in [-0.3, -0.25) is 0 Å². The number of rotatable bonds is 4. The summed E-state index contributed by atoms with van der Waals surface area (Å²) in [7, 11) is 2.97. The maximum Gasteiger partial charge on any atom is 0.319 e. The standard InChI is InChI=1S/C9H14ClN3O2/c1-5(11)4-6-7(10)8(14-2)13-9(12-6)15-3/h5H,4,11H2,1-3H3. The van der Waals surface area contributed by atoms with Gasteiger partial charge in [0.15, 0.2) is 0 Å². The molecule has 0 fully saturated rings. The minimum atomic E-state index is -0.0354. The molecular weight excluding hydrogens is 218 g/mol. The van der Waals surface area contributed by atoms with Crippen LogP contribution < -0.4 is 15.2 Å². The second-order valence-corrected chi connectivity index (χ2v) is 3.54. The molecule has 0 amide bonds. The molecular formula is C9H14ClN3O2. The zero-order chi connectivity index (χ0) is 11.4. The van der Waals surface area contributed by atoms with E-state index in [9.17, 15) is 0 Å². The molecule has 84 valence electrons. The minimum Gasteiger partial charge on any atom is -0.480 e. The van der Waals surface area contributed by atoms with Crippen molar-refractivity contribution in [3.8, 4) is 11.9 Å². The van der Waals surface area contributed by atoms with E-state index in [1.54, 1.807) is 0 Å². The normalized spacial score (nSPS) is 12.3. The van der Waals surface area contributed by atoms with Crippen LogP contribution in [0, 0.1) is 0 Å². The highest BCUT2D eigenvalue weighted by atomic mass is 35.5. The lowest BCUT2D eigenvalue weighted by Crippen LogP contribution is -2.19. The summed E-state index contributed by atoms with van der Waals surface area (Å²) in [5.74, 6) is 0.305. The molecule has 1 heterocycles. The van der Waals surface area contributed by atoms with Gasteiger partial charge in [-0.05, 0) is 6.92 Å². The molecule has 0 saturated carbocycles. The molecule has 0 radical (unpaired) electrons. The fraction of sp³-hybridized carbons (Fsp3) is 0.556. The Morgan fingerprint density at radius 3 is 2.47 bits per heavy atom. The number of nitrogens with zero attached hydrogens (tertiary/aromatic N) is 2. The van der Waals surface area contributed by atoms with Crippen LogP contribution in [0.25, 0.3) is 0 Å². The highest BCUT2D eigenvalue weighted by molar-refractivity contribution is 6.32. The molecule has 1 aromatic heterocycles. The van der Waals surface area contributed by atoms with Crippen molar-refractivity contribution >= 4 is 11.6 Å². The van der Waals surface area contributed by atoms with Crippen LogP contribution in [0.4, 0.5) is 0 Å². The number of nitrogens with two attached hydrogens (primary N) is 1. The van der Waals surface area contributed by atoms with Crippen molar-refractivity contribution in [1.82, 2.24) is 9.97 Å². The third-order valence-electron chi connectivity index (χ3n) is 1.76. The monoisotopic (exact) mass is 231 g/mol. The molecule has 0 aliphatic carbocycles. The second kappa shape index (κ2) is 5.14. The minimum absolute atomic E-state index is 0.0354. The van der Waals surface area contributed by atoms with E-state index in [0.717, 1.165) is 0 Å². The zero-order valence-corrected chi connectivity index (χ0v) is 9.71. The first-order valence-electron chi connectivity index (χ1n) is 4.48. The maximum atomic E-state index is 6.02. The molecule has 2 N–H and O–H groups in total. The van der Waals surface area contributed by atoms with Crippen LogP contribution in [-0.4, -0.2) is 30.2 Å². The fourth-order valence-electron chi connectivity index (χ4n) is 1.12. The van der Waals surface area contributed by atoms with Crippen LogP contribution in [0.1, 0.15) is 12.6 Å². The molecule has 0 aromatic carbocycles. The average molecular weight is 232 g/mol. The van der Waals surface area contributed by atoms with Gasteiger partial charge in [0, 0.05) is 12.5 Å². The van der Waals surface area contributed by atoms with E-state index in [1.807, 2.05) is 6.92 Å². The van der Waals surface area contributed by atoms with Crippen molar-refractivity contribution in [2.24, 2.45) is 5.73 Å². The fourth-order valence-corrected chi connectivity index (χ4v) is 1.35. The molecule has 0 bridgehead atoms. The van der Waals surface area contributed by atoms with E-state index in [2.05, 4.69) is 9.97 Å². The summed E-state index contributed by atoms with van der Waals surface area (Å²) in [6.07, 6.45) is 0.550. The molecule has 0 spiro atoms. The van der Waals surface area contributed by atoms with E-state index < -0.39 is 0 Å². The van der Waals surface area contributed by atoms with Crippen LogP contribution >= 0.6 is 11.6 Å². The largest absolute Gasteiger partial charge is 0.480 e. The van der Waals surface area contributed by atoms with Crippen molar-refractivity contribution < 1.29 is 9.47 Å². The van der Waals surface area contributed by atoms with Crippen molar-refractivity contribution in [2.45, 2.75) is 19.4 Å². The molecule has 6 heteroatoms. The van der Waals surface area contributed by atoms with Crippen molar-refractivity contribution in [2.75, 3.05) is 14.2 Å². The molecule has 1 aromatic rings. The Balaban J connectivity index is 3.12. The molecule has 5 nitrogen and oxygen atoms in total. The molecule has 0 aliphatic rings. The lowest BCUT2D eigenvalue weighted by molar-refractivity contribution is 0.350. The molecule has 1 unspecified atom stereocenters. The predicted octanol–water partition coefficient (Wildman–Crippen LogP) is 1.04. The summed E-state index contributed by atoms with van der Waals surface area (Å²) in [6.45, 7) is 1.87. The van der Waals surface area contributed by atoms with Gasteiger partial charge < -0.3 is 15.2 Å². The zero-order valence-electron chi connectivity index (χ0n) is 8.95. The van der Waals surface area contributed by atoms with Gasteiger partial charge in [-0.15, -0.1) is 0 Å². The Morgan fingerprint density at radius 1 is 1.33 bits per heavy atom. The predicted molar refractivity (Wildman–Crippen MR) is 57.5 cm³/mol. The SMILES string of the molecule is COc1nc(CC(C)N)c(Cl)c(OC)n1. The summed E-state index contributed by atoms with van der Waals surface area (Å²) < 4.78 is 9.94. The molecule has 1 rings (SSSR count). The first-order valence-corrected chi connectivity index (χ1v) is 4.86. The third kappa shape index (κ3) is 2.94. The van der Waals surface area contributed by atoms with Gasteiger partial charge in [-0.1, -0.05) is 11.6 Å². The molecule has 0 aliphatic heterocycles. The van der Waals surface area contributed by atoms with Gasteiger partial charge in [0.2, 0.25) is 5.88 Å². The lowest BCUT2D eigenvalue weighted by atomic mass is 10.2. The number of aromatic nitrogens is 2. The van der Waals surface area contributed by atoms with Gasteiger partial charge in [0.1, 0.15) is 5.02 Å². The Hall–Kier alpha value is -1.07. The van der Waals surface area contributed by atoms with Crippen LogP contribution in [-0.2, 0) is 6.42 Å². The van der Waals surface area contributed by atoms with Crippen LogP contribution in [0.15, 0.2) is 0 Å². The molecule has 1 atom stereocenters. The van der Waals surface area contributed by atoms with Gasteiger partial charge in [-0.25, -0.2) is 0 Å². The first-order chi connectivity index (χ1) is 7.08. The number of halogens is 1. The maximum absolute atomic E-state index is 6.02. The Bertz CT molecular complexity index is 344. The topological polar surface area (TPSA) is 70.3 Å². The summed E-state index contributed by atoms with van der Waals surface area (Å²) >= 11 is 6.02. The Kier molecular flexibility index (Phi) is 4.11. The van der Waals surface area contributed by atoms with Crippen molar-refractivity contribution in [3.63, 3.8) is 0 Å². The first kappa shape index (κ1) is 12.0. The van der Waals surface area contributed by atoms with Gasteiger partial charge >= 0.3 is 6.01 Å². The summed E-state index contributed by atoms with van der Waals surface area (Å²) in [4.78, 5) is 8.06. The quantitative estimate of drug-likeness (QED) is 0.839. The summed E-state index contributed by atoms with van der Waals surface area (Å²) in [5, 5.41) is 0.385. The van der Waals surface area contributed by atoms with Gasteiger partial charge in [0.25, 0.3) is 0 Å². The highest BCUT2D eigenvalue weighted by Crippen LogP contribution is 2.27. The third-order valence-corrected chi connectivity index (χ3v) is 2.14. The number of ether oxygens (including phenoxy) is 2. The molecule has 0 saturated heterocycles. The van der Waals surface area contributed by atoms with E-state index in [1.165, 1.54) is 14.2 Å². The average Bonchev–Trinajstić information content (AvgIpc) is 2.20. The molecule has 15 heavy (non-hydrogen) atoms. The second-order valence-electron chi connectivity index (χ2n) is 3.16. The lowest BCUT2D eigenvalue weighted by Gasteiger charge is -2.10. The number of methoxy groups -OCH3 is 2. The number of hydrogen-bond acceptors (Lipinski definition) is 5. The van der Waals surface area contributed by atoms with E-state index in [-0.39, 0.29) is 12.1 Å². The van der Waals surface area contributed by atoms with E-state index in [0.29, 0.717) is 23.0 Å². The summed E-state index contributed by atoms with van der Waals surface area (Å²) in [5.41, 5.74) is 6.31. The van der Waals surface area contributed by atoms with Crippen LogP contribution in [0.5, 0.6) is 11.9 Å². The Labute approximate surface area is 93.6 Å². The van der Waals surface area contributed by atoms with Gasteiger partial charge in [0.05, 0.1) is 19.9 Å². The van der Waals surface area contributed by atoms with Crippen molar-refractivity contribution in [3.05, 3.63) is 10.7 Å². The van der Waals surface area contributed by atoms with E-state index in [4.69, 9.17) is 26.8 Å². The highest BCUT2D eigenvalue weighted by Gasteiger charge is 2.14. The van der Waals surface area contributed by atoms with E-state index >= 15 is 0 Å². The van der Waals surface area contributed by atoms with Crippen LogP contribution in [0.2, 0.25) is 5.02 Å². The summed E-state index contributed by atoms with van der Waals surface area (Å²) in [6, 6.07) is 0.193. The van der Waals surface area contributed by atoms with Crippen molar-refractivity contribution in [1.29, 1.82) is 0 Å². The Morgan fingerprint density at radius 2 is 2.00 bits per heavy atom.